The van der Waals surface area contributed by atoms with Gasteiger partial charge in [0.05, 0.1) is 5.52 Å². The maximum Gasteiger partial charge on any atom is 0.433 e. The molecule has 4 rings (SSSR count). The number of aromatic nitrogens is 1. The van der Waals surface area contributed by atoms with Crippen LogP contribution in [0.4, 0.5) is 29.3 Å². The van der Waals surface area contributed by atoms with Gasteiger partial charge < -0.3 is 26.6 Å². The second-order valence-electron chi connectivity index (χ2n) is 8.22. The van der Waals surface area contributed by atoms with Crippen LogP contribution in [-0.2, 0) is 6.18 Å². The van der Waals surface area contributed by atoms with Crippen molar-refractivity contribution in [1.29, 1.82) is 0 Å². The smallest absolute Gasteiger partial charge is 0.399 e. The Morgan fingerprint density at radius 1 is 1.16 bits per heavy atom. The molecule has 1 aliphatic heterocycles. The van der Waals surface area contributed by atoms with Gasteiger partial charge in [0.1, 0.15) is 5.69 Å². The van der Waals surface area contributed by atoms with Crippen LogP contribution in [-0.4, -0.2) is 54.2 Å². The van der Waals surface area contributed by atoms with E-state index in [4.69, 9.17) is 5.73 Å². The van der Waals surface area contributed by atoms with Gasteiger partial charge in [0, 0.05) is 55.0 Å². The lowest BCUT2D eigenvalue weighted by molar-refractivity contribution is -0.140. The first-order valence-corrected chi connectivity index (χ1v) is 10.6. The van der Waals surface area contributed by atoms with Crippen LogP contribution < -0.4 is 21.7 Å². The highest BCUT2D eigenvalue weighted by Crippen LogP contribution is 2.35. The van der Waals surface area contributed by atoms with E-state index < -0.39 is 11.9 Å². The number of benzene rings is 1. The van der Waals surface area contributed by atoms with E-state index in [1.807, 2.05) is 0 Å². The summed E-state index contributed by atoms with van der Waals surface area (Å²) in [5, 5.41) is 10.1. The normalized spacial score (nSPS) is 22.4. The molecule has 2 heterocycles. The van der Waals surface area contributed by atoms with Crippen molar-refractivity contribution in [3.05, 3.63) is 30.0 Å². The number of rotatable bonds is 3. The van der Waals surface area contributed by atoms with Crippen LogP contribution in [0.25, 0.3) is 10.9 Å². The molecule has 5 N–H and O–H groups in total. The summed E-state index contributed by atoms with van der Waals surface area (Å²) in [4.78, 5) is 18.1. The summed E-state index contributed by atoms with van der Waals surface area (Å²) < 4.78 is 40.1. The van der Waals surface area contributed by atoms with Crippen molar-refractivity contribution in [3.8, 4) is 0 Å². The maximum absolute atomic E-state index is 13.4. The Labute approximate surface area is 178 Å². The predicted molar refractivity (Wildman–Crippen MR) is 114 cm³/mol. The molecule has 0 spiro atoms. The Morgan fingerprint density at radius 3 is 2.65 bits per heavy atom. The number of nitrogens with one attached hydrogen (secondary N) is 3. The Balaban J connectivity index is 1.50. The molecule has 2 aliphatic rings. The average molecular weight is 436 g/mol. The molecular weight excluding hydrogens is 409 g/mol. The van der Waals surface area contributed by atoms with Crippen LogP contribution in [0.3, 0.4) is 0 Å². The largest absolute Gasteiger partial charge is 0.433 e. The lowest BCUT2D eigenvalue weighted by atomic mass is 9.90. The molecule has 1 aliphatic carbocycles. The summed E-state index contributed by atoms with van der Waals surface area (Å²) in [7, 11) is 0. The van der Waals surface area contributed by atoms with Gasteiger partial charge in [-0.2, -0.15) is 13.2 Å². The van der Waals surface area contributed by atoms with Crippen molar-refractivity contribution in [3.63, 3.8) is 0 Å². The van der Waals surface area contributed by atoms with Crippen LogP contribution >= 0.6 is 0 Å². The van der Waals surface area contributed by atoms with Crippen molar-refractivity contribution in [2.45, 2.75) is 43.9 Å². The van der Waals surface area contributed by atoms with E-state index in [0.29, 0.717) is 36.3 Å². The third-order valence-corrected chi connectivity index (χ3v) is 5.89. The number of urea groups is 1. The Hall–Kier alpha value is -2.75. The van der Waals surface area contributed by atoms with E-state index in [1.165, 1.54) is 6.07 Å². The van der Waals surface area contributed by atoms with E-state index in [9.17, 15) is 18.0 Å². The predicted octanol–water partition coefficient (Wildman–Crippen LogP) is 3.17. The zero-order valence-electron chi connectivity index (χ0n) is 17.1. The van der Waals surface area contributed by atoms with Crippen molar-refractivity contribution in [2.75, 3.05) is 37.2 Å². The van der Waals surface area contributed by atoms with Gasteiger partial charge in [-0.3, -0.25) is 0 Å². The van der Waals surface area contributed by atoms with Crippen LogP contribution in [0.2, 0.25) is 0 Å². The molecule has 168 valence electrons. The number of fused-ring (bicyclic) bond motifs is 1. The molecule has 1 saturated heterocycles. The highest BCUT2D eigenvalue weighted by atomic mass is 19.4. The average Bonchev–Trinajstić information content (AvgIpc) is 2.74. The van der Waals surface area contributed by atoms with Crippen LogP contribution in [0.1, 0.15) is 31.4 Å². The van der Waals surface area contributed by atoms with Gasteiger partial charge in [-0.15, -0.1) is 0 Å². The molecule has 31 heavy (non-hydrogen) atoms. The number of hydrogen-bond donors (Lipinski definition) is 4. The number of hydrogen-bond acceptors (Lipinski definition) is 5. The monoisotopic (exact) mass is 436 g/mol. The molecule has 1 unspecified atom stereocenters. The molecule has 10 heteroatoms. The van der Waals surface area contributed by atoms with E-state index in [1.54, 1.807) is 17.0 Å². The molecule has 2 aromatic rings. The summed E-state index contributed by atoms with van der Waals surface area (Å²) in [6, 6.07) is 5.57. The molecule has 0 radical (unpaired) electrons. The van der Waals surface area contributed by atoms with Crippen molar-refractivity contribution >= 4 is 28.3 Å². The number of nitrogen functional groups attached to an aromatic ring is 1. The molecule has 1 aromatic heterocycles. The Morgan fingerprint density at radius 2 is 1.90 bits per heavy atom. The highest BCUT2D eigenvalue weighted by molar-refractivity contribution is 5.93. The molecular formula is C21H27F3N6O. The minimum Gasteiger partial charge on any atom is -0.399 e. The quantitative estimate of drug-likeness (QED) is 0.555. The van der Waals surface area contributed by atoms with E-state index >= 15 is 0 Å². The van der Waals surface area contributed by atoms with E-state index in [-0.39, 0.29) is 23.6 Å². The first kappa shape index (κ1) is 21.5. The minimum absolute atomic E-state index is 0.0195. The first-order chi connectivity index (χ1) is 14.8. The van der Waals surface area contributed by atoms with Gasteiger partial charge >= 0.3 is 12.2 Å². The Kier molecular flexibility index (Phi) is 6.08. The van der Waals surface area contributed by atoms with Gasteiger partial charge in [0.2, 0.25) is 0 Å². The molecule has 2 fully saturated rings. The standard InChI is InChI=1S/C21H27F3N6O/c22-21(23,24)19-12-18(16-10-13(25)4-5-17(16)29-19)27-14-2-1-3-15(11-14)28-20(31)30-8-6-26-7-9-30/h4-5,10,12,14-15,26H,1-3,6-9,11,25H2,(H,27,29)(H,28,31)/t14-,15?/m0/s1. The lowest BCUT2D eigenvalue weighted by Gasteiger charge is -2.34. The fourth-order valence-electron chi connectivity index (χ4n) is 4.31. The van der Waals surface area contributed by atoms with Crippen LogP contribution in [0, 0.1) is 0 Å². The van der Waals surface area contributed by atoms with Crippen molar-refractivity contribution in [2.24, 2.45) is 0 Å². The Bertz CT molecular complexity index is 945. The molecule has 2 atom stereocenters. The summed E-state index contributed by atoms with van der Waals surface area (Å²) in [6.45, 7) is 2.90. The summed E-state index contributed by atoms with van der Waals surface area (Å²) >= 11 is 0. The molecule has 1 saturated carbocycles. The second-order valence-corrected chi connectivity index (χ2v) is 8.22. The zero-order valence-corrected chi connectivity index (χ0v) is 17.1. The van der Waals surface area contributed by atoms with Gasteiger partial charge in [-0.05, 0) is 49.9 Å². The van der Waals surface area contributed by atoms with Crippen LogP contribution in [0.15, 0.2) is 24.3 Å². The number of halogens is 3. The lowest BCUT2D eigenvalue weighted by Crippen LogP contribution is -2.53. The van der Waals surface area contributed by atoms with Gasteiger partial charge in [-0.1, -0.05) is 0 Å². The minimum atomic E-state index is -4.54. The van der Waals surface area contributed by atoms with Gasteiger partial charge in [-0.25, -0.2) is 9.78 Å². The second kappa shape index (κ2) is 8.78. The first-order valence-electron chi connectivity index (χ1n) is 10.6. The van der Waals surface area contributed by atoms with Crippen molar-refractivity contribution < 1.29 is 18.0 Å². The fourth-order valence-corrected chi connectivity index (χ4v) is 4.31. The molecule has 7 nitrogen and oxygen atoms in total. The number of nitrogens with two attached hydrogens (primary N) is 1. The number of carbonyl (C=O) groups excluding carboxylic acids is 1. The summed E-state index contributed by atoms with van der Waals surface area (Å²) in [5.41, 5.74) is 5.99. The summed E-state index contributed by atoms with van der Waals surface area (Å²) in [6.07, 6.45) is -1.35. The molecule has 1 aromatic carbocycles. The summed E-state index contributed by atoms with van der Waals surface area (Å²) in [5.74, 6) is 0. The SMILES string of the molecule is Nc1ccc2nc(C(F)(F)F)cc(N[C@H]3CCCC(NC(=O)N4CCNCC4)C3)c2c1. The van der Waals surface area contributed by atoms with Gasteiger partial charge in [0.25, 0.3) is 0 Å². The number of amides is 2. The number of piperazine rings is 1. The van der Waals surface area contributed by atoms with Crippen LogP contribution in [0.5, 0.6) is 0 Å². The zero-order chi connectivity index (χ0) is 22.0. The maximum atomic E-state index is 13.4. The number of anilines is 2. The third kappa shape index (κ3) is 5.12. The van der Waals surface area contributed by atoms with E-state index in [0.717, 1.165) is 38.4 Å². The van der Waals surface area contributed by atoms with Crippen molar-refractivity contribution in [1.82, 2.24) is 20.5 Å². The molecule has 2 amide bonds. The van der Waals surface area contributed by atoms with E-state index in [2.05, 4.69) is 20.9 Å². The number of nitrogens with zero attached hydrogens (tertiary/aromatic N) is 2. The number of carbonyl (C=O) groups is 1. The third-order valence-electron chi connectivity index (χ3n) is 5.89. The fraction of sp³-hybridized carbons (Fsp3) is 0.524. The topological polar surface area (TPSA) is 95.3 Å². The number of pyridine rings is 1. The number of alkyl halides is 3. The highest BCUT2D eigenvalue weighted by Gasteiger charge is 2.34. The van der Waals surface area contributed by atoms with Gasteiger partial charge in [0.15, 0.2) is 0 Å². The molecule has 0 bridgehead atoms.